The van der Waals surface area contributed by atoms with Gasteiger partial charge in [-0.3, -0.25) is 9.69 Å². The van der Waals surface area contributed by atoms with Crippen LogP contribution in [0.25, 0.3) is 0 Å². The Morgan fingerprint density at radius 1 is 1.45 bits per heavy atom. The fourth-order valence-corrected chi connectivity index (χ4v) is 2.95. The maximum absolute atomic E-state index is 11.9. The maximum Gasteiger partial charge on any atom is 0.230 e. The van der Waals surface area contributed by atoms with Crippen molar-refractivity contribution in [3.05, 3.63) is 11.1 Å². The first-order valence-electron chi connectivity index (χ1n) is 7.29. The monoisotopic (exact) mass is 296 g/mol. The molecular weight excluding hydrogens is 272 g/mol. The Kier molecular flexibility index (Phi) is 5.51. The van der Waals surface area contributed by atoms with Gasteiger partial charge in [-0.25, -0.2) is 4.98 Å². The van der Waals surface area contributed by atoms with Crippen LogP contribution in [0.3, 0.4) is 0 Å². The number of nitrogens with two attached hydrogens (primary N) is 1. The molecule has 2 rings (SSSR count). The topological polar surface area (TPSA) is 71.2 Å². The summed E-state index contributed by atoms with van der Waals surface area (Å²) in [5.74, 6) is -0.261. The van der Waals surface area contributed by atoms with Gasteiger partial charge in [0.15, 0.2) is 5.13 Å². The Balaban J connectivity index is 1.87. The molecule has 2 heterocycles. The summed E-state index contributed by atoms with van der Waals surface area (Å²) in [6.45, 7) is 6.87. The van der Waals surface area contributed by atoms with Crippen LogP contribution in [0.1, 0.15) is 38.8 Å². The zero-order chi connectivity index (χ0) is 14.5. The molecule has 112 valence electrons. The number of hydrogen-bond acceptors (Lipinski definition) is 5. The van der Waals surface area contributed by atoms with E-state index in [1.54, 1.807) is 0 Å². The molecule has 2 unspecified atom stereocenters. The van der Waals surface area contributed by atoms with Crippen LogP contribution < -0.4 is 11.1 Å². The molecule has 20 heavy (non-hydrogen) atoms. The fourth-order valence-electron chi connectivity index (χ4n) is 2.24. The number of carbonyl (C=O) groups is 1. The van der Waals surface area contributed by atoms with E-state index in [1.165, 1.54) is 30.6 Å². The van der Waals surface area contributed by atoms with Crippen molar-refractivity contribution in [2.24, 2.45) is 11.7 Å². The third-order valence-electron chi connectivity index (χ3n) is 3.82. The van der Waals surface area contributed by atoms with Crippen molar-refractivity contribution in [3.63, 3.8) is 0 Å². The van der Waals surface area contributed by atoms with Crippen LogP contribution in [-0.4, -0.2) is 34.9 Å². The van der Waals surface area contributed by atoms with E-state index in [4.69, 9.17) is 5.73 Å². The van der Waals surface area contributed by atoms with Gasteiger partial charge in [-0.15, -0.1) is 11.3 Å². The van der Waals surface area contributed by atoms with Crippen LogP contribution >= 0.6 is 11.3 Å². The van der Waals surface area contributed by atoms with E-state index in [0.29, 0.717) is 5.13 Å². The molecule has 1 saturated heterocycles. The quantitative estimate of drug-likeness (QED) is 0.872. The molecule has 1 aromatic heterocycles. The fraction of sp³-hybridized carbons (Fsp3) is 0.714. The predicted octanol–water partition coefficient (Wildman–Crippen LogP) is 2.05. The van der Waals surface area contributed by atoms with Gasteiger partial charge in [-0.05, 0) is 32.9 Å². The highest BCUT2D eigenvalue weighted by molar-refractivity contribution is 7.13. The van der Waals surface area contributed by atoms with Crippen LogP contribution in [0.4, 0.5) is 5.13 Å². The predicted molar refractivity (Wildman–Crippen MR) is 82.7 cm³/mol. The van der Waals surface area contributed by atoms with Gasteiger partial charge in [0.25, 0.3) is 0 Å². The second-order valence-electron chi connectivity index (χ2n) is 5.62. The lowest BCUT2D eigenvalue weighted by Crippen LogP contribution is -2.34. The molecule has 0 aromatic carbocycles. The molecule has 0 saturated carbocycles. The number of aromatic nitrogens is 1. The van der Waals surface area contributed by atoms with Crippen LogP contribution in [0.2, 0.25) is 0 Å². The molecule has 1 aromatic rings. The van der Waals surface area contributed by atoms with E-state index in [-0.39, 0.29) is 17.9 Å². The van der Waals surface area contributed by atoms with Crippen molar-refractivity contribution in [2.75, 3.05) is 18.4 Å². The van der Waals surface area contributed by atoms with E-state index in [1.807, 2.05) is 19.2 Å². The summed E-state index contributed by atoms with van der Waals surface area (Å²) in [4.78, 5) is 18.8. The van der Waals surface area contributed by atoms with Gasteiger partial charge in [0, 0.05) is 18.0 Å². The molecule has 1 aliphatic rings. The van der Waals surface area contributed by atoms with E-state index in [9.17, 15) is 4.79 Å². The zero-order valence-electron chi connectivity index (χ0n) is 12.3. The number of nitrogens with one attached hydrogen (secondary N) is 1. The highest BCUT2D eigenvalue weighted by Gasteiger charge is 2.18. The number of thiazole rings is 1. The number of piperidine rings is 1. The number of likely N-dealkylation sites (tertiary alicyclic amines) is 1. The smallest absolute Gasteiger partial charge is 0.230 e. The highest BCUT2D eigenvalue weighted by atomic mass is 32.1. The average molecular weight is 296 g/mol. The summed E-state index contributed by atoms with van der Waals surface area (Å²) in [5, 5.41) is 5.55. The number of anilines is 1. The first kappa shape index (κ1) is 15.4. The third kappa shape index (κ3) is 4.26. The van der Waals surface area contributed by atoms with Crippen LogP contribution in [-0.2, 0) is 11.3 Å². The van der Waals surface area contributed by atoms with Gasteiger partial charge in [-0.1, -0.05) is 13.3 Å². The number of amides is 1. The summed E-state index contributed by atoms with van der Waals surface area (Å²) in [7, 11) is 0. The van der Waals surface area contributed by atoms with Gasteiger partial charge < -0.3 is 11.1 Å². The van der Waals surface area contributed by atoms with E-state index < -0.39 is 0 Å². The minimum Gasteiger partial charge on any atom is -0.327 e. The minimum absolute atomic E-state index is 0.0566. The van der Waals surface area contributed by atoms with E-state index in [0.717, 1.165) is 25.3 Å². The molecule has 1 amide bonds. The third-order valence-corrected chi connectivity index (χ3v) is 4.62. The van der Waals surface area contributed by atoms with Gasteiger partial charge in [0.05, 0.1) is 11.6 Å². The Hall–Kier alpha value is -0.980. The zero-order valence-corrected chi connectivity index (χ0v) is 13.1. The lowest BCUT2D eigenvalue weighted by Gasteiger charge is -2.25. The number of hydrogen-bond donors (Lipinski definition) is 2. The highest BCUT2D eigenvalue weighted by Crippen LogP contribution is 2.19. The van der Waals surface area contributed by atoms with Gasteiger partial charge in [-0.2, -0.15) is 0 Å². The van der Waals surface area contributed by atoms with Gasteiger partial charge >= 0.3 is 0 Å². The van der Waals surface area contributed by atoms with Crippen molar-refractivity contribution in [1.82, 2.24) is 9.88 Å². The Labute approximate surface area is 124 Å². The Bertz CT molecular complexity index is 440. The first-order valence-corrected chi connectivity index (χ1v) is 8.17. The molecule has 1 aliphatic heterocycles. The van der Waals surface area contributed by atoms with Crippen molar-refractivity contribution in [3.8, 4) is 0 Å². The van der Waals surface area contributed by atoms with Gasteiger partial charge in [0.2, 0.25) is 5.91 Å². The molecule has 3 N–H and O–H groups in total. The lowest BCUT2D eigenvalue weighted by molar-refractivity contribution is -0.119. The SMILES string of the molecule is CC(N)C(C)C(=O)Nc1nc(CN2CCCCC2)cs1. The lowest BCUT2D eigenvalue weighted by atomic mass is 10.0. The second-order valence-corrected chi connectivity index (χ2v) is 6.48. The van der Waals surface area contributed by atoms with Crippen LogP contribution in [0.15, 0.2) is 5.38 Å². The Morgan fingerprint density at radius 2 is 2.15 bits per heavy atom. The molecule has 0 aliphatic carbocycles. The standard InChI is InChI=1S/C14H24N4OS/c1-10(11(2)15)13(19)17-14-16-12(9-20-14)8-18-6-4-3-5-7-18/h9-11H,3-8,15H2,1-2H3,(H,16,17,19). The molecular formula is C14H24N4OS. The molecule has 6 heteroatoms. The minimum atomic E-state index is -0.204. The number of rotatable bonds is 5. The molecule has 0 bridgehead atoms. The van der Waals surface area contributed by atoms with Crippen LogP contribution in [0.5, 0.6) is 0 Å². The molecule has 1 fully saturated rings. The van der Waals surface area contributed by atoms with Crippen molar-refractivity contribution in [1.29, 1.82) is 0 Å². The maximum atomic E-state index is 11.9. The van der Waals surface area contributed by atoms with Gasteiger partial charge in [0.1, 0.15) is 0 Å². The van der Waals surface area contributed by atoms with Crippen LogP contribution in [0, 0.1) is 5.92 Å². The molecule has 0 spiro atoms. The van der Waals surface area contributed by atoms with E-state index >= 15 is 0 Å². The average Bonchev–Trinajstić information content (AvgIpc) is 2.86. The Morgan fingerprint density at radius 3 is 2.80 bits per heavy atom. The summed E-state index contributed by atoms with van der Waals surface area (Å²) in [6.07, 6.45) is 3.89. The van der Waals surface area contributed by atoms with Crippen molar-refractivity contribution in [2.45, 2.75) is 45.7 Å². The summed E-state index contributed by atoms with van der Waals surface area (Å²) < 4.78 is 0. The van der Waals surface area contributed by atoms with E-state index in [2.05, 4.69) is 15.2 Å². The van der Waals surface area contributed by atoms with Crippen molar-refractivity contribution < 1.29 is 4.79 Å². The summed E-state index contributed by atoms with van der Waals surface area (Å²) in [5.41, 5.74) is 6.78. The normalized spacial score (nSPS) is 19.6. The van der Waals surface area contributed by atoms with Crippen molar-refractivity contribution >= 4 is 22.4 Å². The summed E-state index contributed by atoms with van der Waals surface area (Å²) in [6, 6.07) is -0.150. The second kappa shape index (κ2) is 7.15. The first-order chi connectivity index (χ1) is 9.56. The largest absolute Gasteiger partial charge is 0.327 e. The number of carbonyl (C=O) groups excluding carboxylic acids is 1. The molecule has 5 nitrogen and oxygen atoms in total. The molecule has 2 atom stereocenters. The summed E-state index contributed by atoms with van der Waals surface area (Å²) >= 11 is 1.49. The number of nitrogens with zero attached hydrogens (tertiary/aromatic N) is 2. The molecule has 0 radical (unpaired) electrons.